The van der Waals surface area contributed by atoms with Crippen LogP contribution < -0.4 is 5.32 Å². The van der Waals surface area contributed by atoms with Gasteiger partial charge in [-0.15, -0.1) is 0 Å². The third kappa shape index (κ3) is 6.28. The molecular weight excluding hydrogens is 336 g/mol. The second-order valence-electron chi connectivity index (χ2n) is 8.63. The molecule has 0 unspecified atom stereocenters. The van der Waals surface area contributed by atoms with E-state index in [0.717, 1.165) is 37.5 Å². The fraction of sp³-hybridized carbons (Fsp3) is 0.727. The number of amides is 1. The van der Waals surface area contributed by atoms with E-state index in [1.807, 2.05) is 18.2 Å². The molecule has 5 heteroatoms. The van der Waals surface area contributed by atoms with Crippen molar-refractivity contribution in [3.8, 4) is 0 Å². The lowest BCUT2D eigenvalue weighted by Gasteiger charge is -2.42. The van der Waals surface area contributed by atoms with Crippen LogP contribution in [0.5, 0.6) is 0 Å². The Labute approximate surface area is 164 Å². The third-order valence-corrected chi connectivity index (χ3v) is 6.09. The molecule has 0 aromatic carbocycles. The summed E-state index contributed by atoms with van der Waals surface area (Å²) in [5.74, 6) is 1.11. The van der Waals surface area contributed by atoms with Crippen molar-refractivity contribution < 1.29 is 4.79 Å². The highest BCUT2D eigenvalue weighted by Crippen LogP contribution is 2.24. The van der Waals surface area contributed by atoms with Crippen molar-refractivity contribution in [2.75, 3.05) is 32.7 Å². The van der Waals surface area contributed by atoms with Crippen LogP contribution in [0.15, 0.2) is 24.4 Å². The van der Waals surface area contributed by atoms with Crippen molar-refractivity contribution >= 4 is 5.91 Å². The maximum absolute atomic E-state index is 12.6. The van der Waals surface area contributed by atoms with Crippen molar-refractivity contribution in [2.24, 2.45) is 11.8 Å². The van der Waals surface area contributed by atoms with E-state index in [2.05, 4.69) is 33.9 Å². The molecule has 2 fully saturated rings. The molecule has 3 rings (SSSR count). The largest absolute Gasteiger partial charge is 0.350 e. The van der Waals surface area contributed by atoms with Crippen molar-refractivity contribution in [3.63, 3.8) is 0 Å². The number of hydrogen-bond donors (Lipinski definition) is 1. The maximum Gasteiger partial charge on any atom is 0.224 e. The van der Waals surface area contributed by atoms with E-state index in [1.165, 1.54) is 38.9 Å². The predicted molar refractivity (Wildman–Crippen MR) is 109 cm³/mol. The molecule has 27 heavy (non-hydrogen) atoms. The summed E-state index contributed by atoms with van der Waals surface area (Å²) in [6, 6.07) is 6.48. The molecule has 1 aromatic rings. The van der Waals surface area contributed by atoms with Gasteiger partial charge in [-0.1, -0.05) is 19.9 Å². The monoisotopic (exact) mass is 372 g/mol. The quantitative estimate of drug-likeness (QED) is 0.799. The lowest BCUT2D eigenvalue weighted by Crippen LogP contribution is -2.50. The van der Waals surface area contributed by atoms with Crippen molar-refractivity contribution in [2.45, 2.75) is 58.5 Å². The van der Waals surface area contributed by atoms with E-state index < -0.39 is 0 Å². The molecule has 2 saturated heterocycles. The minimum Gasteiger partial charge on any atom is -0.350 e. The molecule has 0 spiro atoms. The lowest BCUT2D eigenvalue weighted by atomic mass is 9.93. The van der Waals surface area contributed by atoms with Gasteiger partial charge in [-0.3, -0.25) is 14.7 Å². The molecule has 5 nitrogen and oxygen atoms in total. The molecule has 2 aliphatic rings. The molecule has 1 aromatic heterocycles. The minimum absolute atomic E-state index is 0.126. The Bertz CT molecular complexity index is 569. The standard InChI is InChI=1S/C22H36N4O/c1-18(2)8-13-25-14-9-21(10-15-25)26-12-5-6-19(17-26)22(27)24-16-20-7-3-4-11-23-20/h3-4,7,11,18-19,21H,5-6,8-10,12-17H2,1-2H3,(H,24,27)/t19-/m0/s1. The molecule has 0 saturated carbocycles. The van der Waals surface area contributed by atoms with Crippen LogP contribution in [0, 0.1) is 11.8 Å². The maximum atomic E-state index is 12.6. The van der Waals surface area contributed by atoms with E-state index in [1.54, 1.807) is 6.20 Å². The number of hydrogen-bond acceptors (Lipinski definition) is 4. The van der Waals surface area contributed by atoms with E-state index in [9.17, 15) is 4.79 Å². The van der Waals surface area contributed by atoms with Gasteiger partial charge >= 0.3 is 0 Å². The van der Waals surface area contributed by atoms with E-state index >= 15 is 0 Å². The molecule has 1 amide bonds. The van der Waals surface area contributed by atoms with Crippen LogP contribution in [0.25, 0.3) is 0 Å². The molecular formula is C22H36N4O. The Hall–Kier alpha value is -1.46. The predicted octanol–water partition coefficient (Wildman–Crippen LogP) is 2.92. The summed E-state index contributed by atoms with van der Waals surface area (Å²) in [7, 11) is 0. The number of carbonyl (C=O) groups is 1. The van der Waals surface area contributed by atoms with E-state index in [-0.39, 0.29) is 11.8 Å². The van der Waals surface area contributed by atoms with Crippen molar-refractivity contribution in [1.29, 1.82) is 0 Å². The second-order valence-corrected chi connectivity index (χ2v) is 8.63. The van der Waals surface area contributed by atoms with E-state index in [4.69, 9.17) is 0 Å². The fourth-order valence-corrected chi connectivity index (χ4v) is 4.33. The molecule has 1 atom stereocenters. The third-order valence-electron chi connectivity index (χ3n) is 6.09. The second kappa shape index (κ2) is 10.2. The van der Waals surface area contributed by atoms with Crippen LogP contribution in [0.4, 0.5) is 0 Å². The highest BCUT2D eigenvalue weighted by atomic mass is 16.1. The first-order valence-electron chi connectivity index (χ1n) is 10.8. The molecule has 150 valence electrons. The zero-order valence-corrected chi connectivity index (χ0v) is 17.1. The van der Waals surface area contributed by atoms with Crippen molar-refractivity contribution in [1.82, 2.24) is 20.1 Å². The number of piperidine rings is 2. The Balaban J connectivity index is 1.42. The number of nitrogens with zero attached hydrogens (tertiary/aromatic N) is 3. The summed E-state index contributed by atoms with van der Waals surface area (Å²) in [6.45, 7) is 10.9. The Morgan fingerprint density at radius 1 is 1.22 bits per heavy atom. The Morgan fingerprint density at radius 2 is 2.04 bits per heavy atom. The van der Waals surface area contributed by atoms with Gasteiger partial charge in [-0.05, 0) is 76.3 Å². The van der Waals surface area contributed by atoms with Gasteiger partial charge in [0, 0.05) is 18.8 Å². The Kier molecular flexibility index (Phi) is 7.65. The molecule has 2 aliphatic heterocycles. The molecule has 0 radical (unpaired) electrons. The van der Waals surface area contributed by atoms with Gasteiger partial charge < -0.3 is 10.2 Å². The van der Waals surface area contributed by atoms with Crippen LogP contribution >= 0.6 is 0 Å². The number of pyridine rings is 1. The summed E-state index contributed by atoms with van der Waals surface area (Å²) in [6.07, 6.45) is 7.72. The Morgan fingerprint density at radius 3 is 2.74 bits per heavy atom. The topological polar surface area (TPSA) is 48.5 Å². The first-order chi connectivity index (χ1) is 13.1. The normalized spacial score (nSPS) is 22.9. The molecule has 0 aliphatic carbocycles. The van der Waals surface area contributed by atoms with Crippen molar-refractivity contribution in [3.05, 3.63) is 30.1 Å². The highest BCUT2D eigenvalue weighted by molar-refractivity contribution is 5.78. The number of carbonyl (C=O) groups excluding carboxylic acids is 1. The fourth-order valence-electron chi connectivity index (χ4n) is 4.33. The first kappa shape index (κ1) is 20.3. The SMILES string of the molecule is CC(C)CCN1CCC(N2CCC[C@H](C(=O)NCc3ccccn3)C2)CC1. The number of rotatable bonds is 7. The average Bonchev–Trinajstić information content (AvgIpc) is 2.71. The zero-order chi connectivity index (χ0) is 19.1. The first-order valence-corrected chi connectivity index (χ1v) is 10.8. The average molecular weight is 373 g/mol. The van der Waals surface area contributed by atoms with Crippen LogP contribution in [-0.4, -0.2) is 59.5 Å². The lowest BCUT2D eigenvalue weighted by molar-refractivity contribution is -0.127. The van der Waals surface area contributed by atoms with E-state index in [0.29, 0.717) is 12.6 Å². The minimum atomic E-state index is 0.126. The van der Waals surface area contributed by atoms with Crippen LogP contribution in [0.3, 0.4) is 0 Å². The number of likely N-dealkylation sites (tertiary alicyclic amines) is 2. The molecule has 1 N–H and O–H groups in total. The summed E-state index contributed by atoms with van der Waals surface area (Å²) < 4.78 is 0. The van der Waals surface area contributed by atoms with Gasteiger partial charge in [-0.2, -0.15) is 0 Å². The molecule has 3 heterocycles. The van der Waals surface area contributed by atoms with Gasteiger partial charge in [-0.25, -0.2) is 0 Å². The van der Waals surface area contributed by atoms with Gasteiger partial charge in [0.2, 0.25) is 5.91 Å². The number of aromatic nitrogens is 1. The highest BCUT2D eigenvalue weighted by Gasteiger charge is 2.31. The van der Waals surface area contributed by atoms with Gasteiger partial charge in [0.1, 0.15) is 0 Å². The van der Waals surface area contributed by atoms with Crippen LogP contribution in [0.1, 0.15) is 51.6 Å². The summed E-state index contributed by atoms with van der Waals surface area (Å²) in [5.41, 5.74) is 0.923. The van der Waals surface area contributed by atoms with Gasteiger partial charge in [0.25, 0.3) is 0 Å². The van der Waals surface area contributed by atoms with Gasteiger partial charge in [0.15, 0.2) is 0 Å². The smallest absolute Gasteiger partial charge is 0.224 e. The van der Waals surface area contributed by atoms with Crippen LogP contribution in [0.2, 0.25) is 0 Å². The summed E-state index contributed by atoms with van der Waals surface area (Å²) in [5, 5.41) is 3.09. The van der Waals surface area contributed by atoms with Crippen LogP contribution in [-0.2, 0) is 11.3 Å². The zero-order valence-electron chi connectivity index (χ0n) is 17.1. The van der Waals surface area contributed by atoms with Gasteiger partial charge in [0.05, 0.1) is 18.2 Å². The molecule has 0 bridgehead atoms. The number of nitrogens with one attached hydrogen (secondary N) is 1. The summed E-state index contributed by atoms with van der Waals surface area (Å²) in [4.78, 5) is 22.1. The summed E-state index contributed by atoms with van der Waals surface area (Å²) >= 11 is 0.